The summed E-state index contributed by atoms with van der Waals surface area (Å²) in [5.41, 5.74) is 2.41. The van der Waals surface area contributed by atoms with Crippen LogP contribution < -0.4 is 4.90 Å². The van der Waals surface area contributed by atoms with Crippen LogP contribution in [0.4, 0.5) is 5.69 Å². The van der Waals surface area contributed by atoms with Crippen molar-refractivity contribution in [1.29, 1.82) is 0 Å². The van der Waals surface area contributed by atoms with Crippen LogP contribution in [0.1, 0.15) is 12.5 Å². The summed E-state index contributed by atoms with van der Waals surface area (Å²) in [5.74, 6) is 0.464. The third-order valence-corrected chi connectivity index (χ3v) is 3.15. The van der Waals surface area contributed by atoms with Crippen LogP contribution in [0, 0.1) is 0 Å². The lowest BCUT2D eigenvalue weighted by atomic mass is 10.1. The number of anilines is 1. The predicted molar refractivity (Wildman–Crippen MR) is 80.7 cm³/mol. The maximum Gasteiger partial charge on any atom is 0.277 e. The van der Waals surface area contributed by atoms with E-state index in [1.54, 1.807) is 13.0 Å². The summed E-state index contributed by atoms with van der Waals surface area (Å²) in [7, 11) is 3.94. The Kier molecular flexibility index (Phi) is 4.20. The molecule has 1 N–H and O–H groups in total. The molecule has 2 rings (SSSR count). The standard InChI is InChI=1S/C15H19N3O2/c1-11-16-14(15(20)18(11)7-8-19)10-12-5-4-6-13(9-12)17(2)3/h4-6,9-10,19H,7-8H2,1-3H3/b14-10-. The van der Waals surface area contributed by atoms with E-state index in [9.17, 15) is 4.79 Å². The SMILES string of the molecule is CC1=N/C(=C\c2cccc(N(C)C)c2)C(=O)N1CCO. The van der Waals surface area contributed by atoms with Crippen molar-refractivity contribution in [2.75, 3.05) is 32.1 Å². The number of rotatable bonds is 4. The molecule has 5 nitrogen and oxygen atoms in total. The zero-order chi connectivity index (χ0) is 14.7. The van der Waals surface area contributed by atoms with Gasteiger partial charge in [0, 0.05) is 19.8 Å². The van der Waals surface area contributed by atoms with Crippen molar-refractivity contribution in [2.45, 2.75) is 6.92 Å². The van der Waals surface area contributed by atoms with Gasteiger partial charge in [-0.2, -0.15) is 0 Å². The fraction of sp³-hybridized carbons (Fsp3) is 0.333. The van der Waals surface area contributed by atoms with Crippen LogP contribution in [0.3, 0.4) is 0 Å². The summed E-state index contributed by atoms with van der Waals surface area (Å²) in [4.78, 5) is 19.9. The van der Waals surface area contributed by atoms with E-state index in [2.05, 4.69) is 4.99 Å². The van der Waals surface area contributed by atoms with E-state index in [-0.39, 0.29) is 19.1 Å². The highest BCUT2D eigenvalue weighted by Crippen LogP contribution is 2.20. The van der Waals surface area contributed by atoms with Gasteiger partial charge in [-0.25, -0.2) is 4.99 Å². The number of hydrogen-bond donors (Lipinski definition) is 1. The van der Waals surface area contributed by atoms with Crippen LogP contribution in [-0.4, -0.2) is 49.0 Å². The van der Waals surface area contributed by atoms with Crippen molar-refractivity contribution < 1.29 is 9.90 Å². The van der Waals surface area contributed by atoms with Crippen LogP contribution in [0.2, 0.25) is 0 Å². The molecule has 1 aromatic rings. The number of nitrogens with zero attached hydrogens (tertiary/aromatic N) is 3. The summed E-state index contributed by atoms with van der Waals surface area (Å²) in [6.07, 6.45) is 1.77. The first-order valence-corrected chi connectivity index (χ1v) is 6.50. The van der Waals surface area contributed by atoms with E-state index in [4.69, 9.17) is 5.11 Å². The molecule has 0 spiro atoms. The van der Waals surface area contributed by atoms with Crippen LogP contribution in [-0.2, 0) is 4.79 Å². The molecule has 0 saturated heterocycles. The highest BCUT2D eigenvalue weighted by molar-refractivity contribution is 6.13. The van der Waals surface area contributed by atoms with Gasteiger partial charge in [0.15, 0.2) is 0 Å². The van der Waals surface area contributed by atoms with Crippen LogP contribution in [0.15, 0.2) is 35.0 Å². The molecule has 20 heavy (non-hydrogen) atoms. The first-order valence-electron chi connectivity index (χ1n) is 6.50. The molecule has 5 heteroatoms. The van der Waals surface area contributed by atoms with Crippen molar-refractivity contribution >= 4 is 23.5 Å². The Balaban J connectivity index is 2.28. The molecule has 106 valence electrons. The highest BCUT2D eigenvalue weighted by atomic mass is 16.3. The van der Waals surface area contributed by atoms with E-state index < -0.39 is 0 Å². The fourth-order valence-corrected chi connectivity index (χ4v) is 2.08. The smallest absolute Gasteiger partial charge is 0.277 e. The molecule has 0 atom stereocenters. The van der Waals surface area contributed by atoms with Crippen LogP contribution >= 0.6 is 0 Å². The van der Waals surface area contributed by atoms with Gasteiger partial charge in [0.2, 0.25) is 0 Å². The predicted octanol–water partition coefficient (Wildman–Crippen LogP) is 1.35. The summed E-state index contributed by atoms with van der Waals surface area (Å²) in [6, 6.07) is 7.89. The first-order chi connectivity index (χ1) is 9.52. The molecular weight excluding hydrogens is 254 g/mol. The molecule has 1 aliphatic rings. The number of benzene rings is 1. The van der Waals surface area contributed by atoms with Crippen molar-refractivity contribution in [3.8, 4) is 0 Å². The lowest BCUT2D eigenvalue weighted by Crippen LogP contribution is -2.32. The molecule has 0 radical (unpaired) electrons. The second-order valence-electron chi connectivity index (χ2n) is 4.86. The summed E-state index contributed by atoms with van der Waals surface area (Å²) < 4.78 is 0. The number of aliphatic hydroxyl groups excluding tert-OH is 1. The number of β-amino-alcohol motifs (C(OH)–C–C–N with tert-alkyl or cyclic N) is 1. The lowest BCUT2D eigenvalue weighted by Gasteiger charge is -2.13. The van der Waals surface area contributed by atoms with Gasteiger partial charge in [-0.15, -0.1) is 0 Å². The number of carbonyl (C=O) groups is 1. The topological polar surface area (TPSA) is 56.1 Å². The zero-order valence-electron chi connectivity index (χ0n) is 12.0. The molecule has 0 fully saturated rings. The average Bonchev–Trinajstić information content (AvgIpc) is 2.67. The molecule has 0 aliphatic carbocycles. The minimum absolute atomic E-state index is 0.0675. The molecule has 1 heterocycles. The molecule has 1 amide bonds. The van der Waals surface area contributed by atoms with Gasteiger partial charge in [-0.05, 0) is 30.7 Å². The molecule has 0 aromatic heterocycles. The Bertz CT molecular complexity index is 576. The molecule has 0 unspecified atom stereocenters. The van der Waals surface area contributed by atoms with E-state index in [1.807, 2.05) is 43.3 Å². The van der Waals surface area contributed by atoms with E-state index >= 15 is 0 Å². The Morgan fingerprint density at radius 2 is 2.15 bits per heavy atom. The number of aliphatic imine (C=N–C) groups is 1. The largest absolute Gasteiger partial charge is 0.395 e. The van der Waals surface area contributed by atoms with Gasteiger partial charge in [-0.1, -0.05) is 12.1 Å². The van der Waals surface area contributed by atoms with Gasteiger partial charge in [-0.3, -0.25) is 9.69 Å². The third-order valence-electron chi connectivity index (χ3n) is 3.15. The van der Waals surface area contributed by atoms with E-state index in [1.165, 1.54) is 4.90 Å². The van der Waals surface area contributed by atoms with Gasteiger partial charge < -0.3 is 10.0 Å². The highest BCUT2D eigenvalue weighted by Gasteiger charge is 2.26. The molecule has 0 saturated carbocycles. The first kappa shape index (κ1) is 14.3. The minimum atomic E-state index is -0.160. The second kappa shape index (κ2) is 5.88. The number of amides is 1. The van der Waals surface area contributed by atoms with E-state index in [0.717, 1.165) is 11.3 Å². The Morgan fingerprint density at radius 3 is 2.80 bits per heavy atom. The Morgan fingerprint density at radius 1 is 1.40 bits per heavy atom. The third kappa shape index (κ3) is 2.88. The number of carbonyl (C=O) groups excluding carboxylic acids is 1. The summed E-state index contributed by atoms with van der Waals surface area (Å²) >= 11 is 0. The molecule has 1 aromatic carbocycles. The zero-order valence-corrected chi connectivity index (χ0v) is 12.0. The van der Waals surface area contributed by atoms with Gasteiger partial charge in [0.05, 0.1) is 13.2 Å². The molecule has 1 aliphatic heterocycles. The average molecular weight is 273 g/mol. The lowest BCUT2D eigenvalue weighted by molar-refractivity contribution is -0.123. The van der Waals surface area contributed by atoms with Crippen molar-refractivity contribution in [1.82, 2.24) is 4.90 Å². The monoisotopic (exact) mass is 273 g/mol. The van der Waals surface area contributed by atoms with E-state index in [0.29, 0.717) is 11.5 Å². The number of amidine groups is 1. The van der Waals surface area contributed by atoms with Crippen LogP contribution in [0.5, 0.6) is 0 Å². The van der Waals surface area contributed by atoms with Crippen molar-refractivity contribution in [3.05, 3.63) is 35.5 Å². The fourth-order valence-electron chi connectivity index (χ4n) is 2.08. The van der Waals surface area contributed by atoms with Gasteiger partial charge >= 0.3 is 0 Å². The normalized spacial score (nSPS) is 16.8. The summed E-state index contributed by atoms with van der Waals surface area (Å²) in [5, 5.41) is 8.96. The van der Waals surface area contributed by atoms with Crippen molar-refractivity contribution in [3.63, 3.8) is 0 Å². The quantitative estimate of drug-likeness (QED) is 0.842. The van der Waals surface area contributed by atoms with Crippen molar-refractivity contribution in [2.24, 2.45) is 4.99 Å². The minimum Gasteiger partial charge on any atom is -0.395 e. The van der Waals surface area contributed by atoms with Crippen LogP contribution in [0.25, 0.3) is 6.08 Å². The number of hydrogen-bond acceptors (Lipinski definition) is 4. The maximum atomic E-state index is 12.2. The molecular formula is C15H19N3O2. The Labute approximate surface area is 118 Å². The molecule has 0 bridgehead atoms. The number of aliphatic hydroxyl groups is 1. The van der Waals surface area contributed by atoms with Gasteiger partial charge in [0.25, 0.3) is 5.91 Å². The van der Waals surface area contributed by atoms with Gasteiger partial charge in [0.1, 0.15) is 11.5 Å². The second-order valence-corrected chi connectivity index (χ2v) is 4.86. The maximum absolute atomic E-state index is 12.2. The Hall–Kier alpha value is -2.14. The summed E-state index contributed by atoms with van der Waals surface area (Å²) in [6.45, 7) is 1.98.